The summed E-state index contributed by atoms with van der Waals surface area (Å²) in [6.07, 6.45) is 3.24. The number of thiophene rings is 1. The van der Waals surface area contributed by atoms with Crippen LogP contribution in [0, 0.1) is 13.8 Å². The van der Waals surface area contributed by atoms with Gasteiger partial charge in [-0.15, -0.1) is 11.3 Å². The number of piperazine rings is 1. The lowest BCUT2D eigenvalue weighted by atomic mass is 10.2. The zero-order valence-electron chi connectivity index (χ0n) is 15.9. The summed E-state index contributed by atoms with van der Waals surface area (Å²) in [6, 6.07) is 9.46. The number of hydrogen-bond donors (Lipinski definition) is 0. The normalized spacial score (nSPS) is 16.3. The molecule has 0 N–H and O–H groups in total. The van der Waals surface area contributed by atoms with Crippen LogP contribution >= 0.6 is 11.3 Å². The van der Waals surface area contributed by atoms with Crippen LogP contribution < -0.4 is 4.90 Å². The zero-order chi connectivity index (χ0) is 19.7. The van der Waals surface area contributed by atoms with Gasteiger partial charge in [-0.25, -0.2) is 18.4 Å². The molecule has 2 aromatic heterocycles. The van der Waals surface area contributed by atoms with Crippen molar-refractivity contribution in [2.24, 2.45) is 0 Å². The van der Waals surface area contributed by atoms with E-state index in [4.69, 9.17) is 0 Å². The van der Waals surface area contributed by atoms with Crippen LogP contribution in [0.25, 0.3) is 16.3 Å². The van der Waals surface area contributed by atoms with Gasteiger partial charge in [0.2, 0.25) is 10.0 Å². The first kappa shape index (κ1) is 19.0. The lowest BCUT2D eigenvalue weighted by molar-refractivity contribution is 0.389. The van der Waals surface area contributed by atoms with Gasteiger partial charge in [-0.2, -0.15) is 4.31 Å². The summed E-state index contributed by atoms with van der Waals surface area (Å²) < 4.78 is 26.9. The van der Waals surface area contributed by atoms with Crippen molar-refractivity contribution in [3.05, 3.63) is 58.1 Å². The minimum absolute atomic E-state index is 0.440. The number of aromatic nitrogens is 2. The Hall–Kier alpha value is -2.29. The molecule has 1 saturated heterocycles. The molecule has 1 aliphatic heterocycles. The van der Waals surface area contributed by atoms with Crippen molar-refractivity contribution in [2.45, 2.75) is 13.8 Å². The molecule has 0 spiro atoms. The van der Waals surface area contributed by atoms with E-state index in [2.05, 4.69) is 28.7 Å². The highest BCUT2D eigenvalue weighted by molar-refractivity contribution is 7.92. The number of nitrogens with zero attached hydrogens (tertiary/aromatic N) is 4. The molecule has 0 radical (unpaired) electrons. The molecule has 3 aromatic rings. The number of sulfonamides is 1. The number of aryl methyl sites for hydroxylation is 2. The number of benzene rings is 1. The molecule has 1 fully saturated rings. The zero-order valence-corrected chi connectivity index (χ0v) is 17.5. The molecule has 0 amide bonds. The van der Waals surface area contributed by atoms with Crippen LogP contribution in [0.15, 0.2) is 42.1 Å². The lowest BCUT2D eigenvalue weighted by Gasteiger charge is -2.34. The fraction of sp³-hybridized carbons (Fsp3) is 0.300. The minimum Gasteiger partial charge on any atom is -0.353 e. The highest BCUT2D eigenvalue weighted by Crippen LogP contribution is 2.34. The van der Waals surface area contributed by atoms with Crippen LogP contribution in [0.3, 0.4) is 0 Å². The van der Waals surface area contributed by atoms with E-state index in [-0.39, 0.29) is 0 Å². The second-order valence-corrected chi connectivity index (χ2v) is 9.83. The van der Waals surface area contributed by atoms with Gasteiger partial charge >= 0.3 is 0 Å². The maximum atomic E-state index is 12.7. The van der Waals surface area contributed by atoms with Crippen molar-refractivity contribution >= 4 is 43.5 Å². The van der Waals surface area contributed by atoms with Gasteiger partial charge in [0.05, 0.1) is 5.39 Å². The third kappa shape index (κ3) is 3.67. The topological polar surface area (TPSA) is 66.4 Å². The highest BCUT2D eigenvalue weighted by Gasteiger charge is 2.27. The molecule has 0 aliphatic carbocycles. The molecule has 0 saturated carbocycles. The minimum atomic E-state index is -3.44. The Kier molecular flexibility index (Phi) is 5.18. The van der Waals surface area contributed by atoms with Gasteiger partial charge in [0, 0.05) is 36.5 Å². The van der Waals surface area contributed by atoms with E-state index in [1.54, 1.807) is 23.7 Å². The molecular weight excluding hydrogens is 392 g/mol. The SMILES string of the molecule is Cc1sc2ncnc(N3CCN(S(=O)(=O)/C=C/c4ccccc4)CC3)c2c1C. The molecule has 1 aliphatic rings. The van der Waals surface area contributed by atoms with Crippen LogP contribution in [0.2, 0.25) is 0 Å². The first-order chi connectivity index (χ1) is 13.5. The molecule has 3 heterocycles. The van der Waals surface area contributed by atoms with Gasteiger partial charge in [-0.05, 0) is 31.1 Å². The second-order valence-electron chi connectivity index (χ2n) is 6.81. The molecule has 8 heteroatoms. The summed E-state index contributed by atoms with van der Waals surface area (Å²) in [5.41, 5.74) is 2.08. The summed E-state index contributed by atoms with van der Waals surface area (Å²) in [4.78, 5) is 13.3. The van der Waals surface area contributed by atoms with Gasteiger partial charge in [0.1, 0.15) is 17.0 Å². The fourth-order valence-corrected chi connectivity index (χ4v) is 5.54. The molecule has 28 heavy (non-hydrogen) atoms. The van der Waals surface area contributed by atoms with Crippen LogP contribution in [-0.4, -0.2) is 48.9 Å². The summed E-state index contributed by atoms with van der Waals surface area (Å²) >= 11 is 1.67. The predicted molar refractivity (Wildman–Crippen MR) is 115 cm³/mol. The molecule has 4 rings (SSSR count). The molecule has 0 bridgehead atoms. The van der Waals surface area contributed by atoms with Crippen molar-refractivity contribution in [1.82, 2.24) is 14.3 Å². The van der Waals surface area contributed by atoms with Crippen molar-refractivity contribution in [3.8, 4) is 0 Å². The van der Waals surface area contributed by atoms with Crippen LogP contribution in [0.5, 0.6) is 0 Å². The molecule has 6 nitrogen and oxygen atoms in total. The third-order valence-corrected chi connectivity index (χ3v) is 7.76. The first-order valence-electron chi connectivity index (χ1n) is 9.14. The molecular formula is C20H22N4O2S2. The third-order valence-electron chi connectivity index (χ3n) is 5.08. The Bertz CT molecular complexity index is 1120. The number of anilines is 1. The fourth-order valence-electron chi connectivity index (χ4n) is 3.37. The highest BCUT2D eigenvalue weighted by atomic mass is 32.2. The summed E-state index contributed by atoms with van der Waals surface area (Å²) in [7, 11) is -3.44. The Morgan fingerprint density at radius 1 is 1.04 bits per heavy atom. The van der Waals surface area contributed by atoms with Crippen LogP contribution in [-0.2, 0) is 10.0 Å². The van der Waals surface area contributed by atoms with Crippen LogP contribution in [0.4, 0.5) is 5.82 Å². The first-order valence-corrected chi connectivity index (χ1v) is 11.5. The van der Waals surface area contributed by atoms with Gasteiger partial charge in [0.25, 0.3) is 0 Å². The van der Waals surface area contributed by atoms with E-state index in [9.17, 15) is 8.42 Å². The van der Waals surface area contributed by atoms with Crippen molar-refractivity contribution in [2.75, 3.05) is 31.1 Å². The molecule has 146 valence electrons. The van der Waals surface area contributed by atoms with E-state index in [0.717, 1.165) is 21.6 Å². The lowest BCUT2D eigenvalue weighted by Crippen LogP contribution is -2.48. The summed E-state index contributed by atoms with van der Waals surface area (Å²) in [5, 5.41) is 2.39. The van der Waals surface area contributed by atoms with E-state index in [1.165, 1.54) is 20.2 Å². The van der Waals surface area contributed by atoms with E-state index >= 15 is 0 Å². The quantitative estimate of drug-likeness (QED) is 0.654. The van der Waals surface area contributed by atoms with Gasteiger partial charge < -0.3 is 4.90 Å². The standard InChI is InChI=1S/C20H22N4O2S2/c1-15-16(2)27-20-18(15)19(21-14-22-20)23-9-11-24(12-10-23)28(25,26)13-8-17-6-4-3-5-7-17/h3-8,13-14H,9-12H2,1-2H3/b13-8+. The number of rotatable bonds is 4. The smallest absolute Gasteiger partial charge is 0.236 e. The van der Waals surface area contributed by atoms with Gasteiger partial charge in [-0.3, -0.25) is 0 Å². The van der Waals surface area contributed by atoms with Crippen molar-refractivity contribution in [3.63, 3.8) is 0 Å². The Morgan fingerprint density at radius 2 is 1.75 bits per heavy atom. The summed E-state index contributed by atoms with van der Waals surface area (Å²) in [5.74, 6) is 0.906. The second kappa shape index (κ2) is 7.62. The maximum Gasteiger partial charge on any atom is 0.236 e. The van der Waals surface area contributed by atoms with E-state index in [0.29, 0.717) is 26.2 Å². The Morgan fingerprint density at radius 3 is 2.46 bits per heavy atom. The average Bonchev–Trinajstić information content (AvgIpc) is 3.01. The number of hydrogen-bond acceptors (Lipinski definition) is 6. The largest absolute Gasteiger partial charge is 0.353 e. The average molecular weight is 415 g/mol. The monoisotopic (exact) mass is 414 g/mol. The molecule has 0 unspecified atom stereocenters. The van der Waals surface area contributed by atoms with Crippen molar-refractivity contribution < 1.29 is 8.42 Å². The molecule has 1 aromatic carbocycles. The Balaban J connectivity index is 1.50. The molecule has 0 atom stereocenters. The van der Waals surface area contributed by atoms with E-state index in [1.807, 2.05) is 30.3 Å². The van der Waals surface area contributed by atoms with Gasteiger partial charge in [-0.1, -0.05) is 30.3 Å². The van der Waals surface area contributed by atoms with Crippen molar-refractivity contribution in [1.29, 1.82) is 0 Å². The predicted octanol–water partition coefficient (Wildman–Crippen LogP) is 3.43. The maximum absolute atomic E-state index is 12.7. The van der Waals surface area contributed by atoms with Crippen LogP contribution in [0.1, 0.15) is 16.0 Å². The van der Waals surface area contributed by atoms with E-state index < -0.39 is 10.0 Å². The Labute approximate surface area is 169 Å². The number of fused-ring (bicyclic) bond motifs is 1. The summed E-state index contributed by atoms with van der Waals surface area (Å²) in [6.45, 7) is 6.28. The van der Waals surface area contributed by atoms with Gasteiger partial charge in [0.15, 0.2) is 0 Å².